The average molecular weight is 495 g/mol. The molecule has 1 saturated carbocycles. The molecule has 11 heteroatoms. The van der Waals surface area contributed by atoms with Crippen molar-refractivity contribution in [2.75, 3.05) is 0 Å². The van der Waals surface area contributed by atoms with Gasteiger partial charge >= 0.3 is 6.18 Å². The van der Waals surface area contributed by atoms with E-state index in [1.165, 1.54) is 12.4 Å². The van der Waals surface area contributed by atoms with Gasteiger partial charge in [-0.2, -0.15) is 18.3 Å². The van der Waals surface area contributed by atoms with Crippen LogP contribution in [0.1, 0.15) is 36.2 Å². The van der Waals surface area contributed by atoms with Crippen LogP contribution in [0.2, 0.25) is 0 Å². The van der Waals surface area contributed by atoms with Crippen molar-refractivity contribution in [3.8, 4) is 5.69 Å². The number of hydrogen-bond acceptors (Lipinski definition) is 5. The van der Waals surface area contributed by atoms with Gasteiger partial charge in [-0.15, -0.1) is 0 Å². The average Bonchev–Trinajstić information content (AvgIpc) is 3.17. The fraction of sp³-hybridized carbons (Fsp3) is 0.348. The highest BCUT2D eigenvalue weighted by molar-refractivity contribution is 7.92. The summed E-state index contributed by atoms with van der Waals surface area (Å²) in [6, 6.07) is 7.59. The van der Waals surface area contributed by atoms with Crippen LogP contribution >= 0.6 is 0 Å². The van der Waals surface area contributed by atoms with Crippen LogP contribution in [0.25, 0.3) is 5.69 Å². The first-order valence-electron chi connectivity index (χ1n) is 10.6. The molecule has 1 aliphatic rings. The van der Waals surface area contributed by atoms with Crippen LogP contribution in [0.4, 0.5) is 17.6 Å². The second-order valence-corrected chi connectivity index (χ2v) is 10.5. The van der Waals surface area contributed by atoms with Crippen LogP contribution in [0.15, 0.2) is 53.7 Å². The third-order valence-electron chi connectivity index (χ3n) is 6.02. The highest BCUT2D eigenvalue weighted by Crippen LogP contribution is 2.39. The van der Waals surface area contributed by atoms with E-state index in [1.54, 1.807) is 19.1 Å². The SMILES string of the molecule is Cc1ccc(-n2cc(CCC(=O)C3CCC3S(=O)(=O)c3ccc(F)cc3)c(C(F)(F)F)n2)cn1. The van der Waals surface area contributed by atoms with Crippen molar-refractivity contribution >= 4 is 15.6 Å². The molecule has 180 valence electrons. The van der Waals surface area contributed by atoms with Crippen LogP contribution in [0, 0.1) is 18.7 Å². The highest BCUT2D eigenvalue weighted by atomic mass is 32.2. The summed E-state index contributed by atoms with van der Waals surface area (Å²) in [7, 11) is -3.85. The maximum atomic E-state index is 13.6. The lowest BCUT2D eigenvalue weighted by Crippen LogP contribution is -2.43. The summed E-state index contributed by atoms with van der Waals surface area (Å²) in [5.41, 5.74) is -0.204. The van der Waals surface area contributed by atoms with Gasteiger partial charge in [0.15, 0.2) is 15.5 Å². The standard InChI is InChI=1S/C23H21F4N3O3S/c1-14-2-6-17(12-28-14)30-13-15(22(29-30)23(25,26)27)3-10-20(31)19-9-11-21(19)34(32,33)18-7-4-16(24)5-8-18/h2,4-8,12-13,19,21H,3,9-11H2,1H3. The third kappa shape index (κ3) is 4.75. The number of rotatable bonds is 7. The Bertz CT molecular complexity index is 1300. The van der Waals surface area contributed by atoms with Crippen molar-refractivity contribution in [3.05, 3.63) is 71.6 Å². The molecule has 6 nitrogen and oxygen atoms in total. The van der Waals surface area contributed by atoms with Crippen molar-refractivity contribution in [3.63, 3.8) is 0 Å². The number of halogens is 4. The summed E-state index contributed by atoms with van der Waals surface area (Å²) < 4.78 is 80.6. The Kier molecular flexibility index (Phi) is 6.32. The molecule has 0 radical (unpaired) electrons. The van der Waals surface area contributed by atoms with Gasteiger partial charge in [-0.25, -0.2) is 17.5 Å². The predicted molar refractivity (Wildman–Crippen MR) is 115 cm³/mol. The molecule has 1 fully saturated rings. The van der Waals surface area contributed by atoms with Gasteiger partial charge in [0, 0.05) is 29.8 Å². The maximum Gasteiger partial charge on any atom is 0.435 e. The zero-order chi connectivity index (χ0) is 24.7. The van der Waals surface area contributed by atoms with E-state index in [4.69, 9.17) is 0 Å². The Morgan fingerprint density at radius 2 is 1.82 bits per heavy atom. The van der Waals surface area contributed by atoms with E-state index < -0.39 is 44.5 Å². The Morgan fingerprint density at radius 3 is 2.38 bits per heavy atom. The molecule has 2 unspecified atom stereocenters. The zero-order valence-electron chi connectivity index (χ0n) is 18.1. The topological polar surface area (TPSA) is 81.9 Å². The van der Waals surface area contributed by atoms with E-state index >= 15 is 0 Å². The first-order valence-corrected chi connectivity index (χ1v) is 12.1. The second-order valence-electron chi connectivity index (χ2n) is 8.29. The normalized spacial score (nSPS) is 18.5. The van der Waals surface area contributed by atoms with E-state index in [0.717, 1.165) is 28.9 Å². The number of ketones is 1. The summed E-state index contributed by atoms with van der Waals surface area (Å²) in [5, 5.41) is 2.69. The van der Waals surface area contributed by atoms with Gasteiger partial charge in [-0.05, 0) is 62.6 Å². The Labute approximate surface area is 193 Å². The fourth-order valence-corrected chi connectivity index (χ4v) is 6.04. The lowest BCUT2D eigenvalue weighted by molar-refractivity contribution is -0.142. The lowest BCUT2D eigenvalue weighted by Gasteiger charge is -2.35. The van der Waals surface area contributed by atoms with Crippen molar-refractivity contribution in [2.45, 2.75) is 48.9 Å². The molecule has 0 bridgehead atoms. The van der Waals surface area contributed by atoms with E-state index in [-0.39, 0.29) is 29.7 Å². The number of aromatic nitrogens is 3. The predicted octanol–water partition coefficient (Wildman–Crippen LogP) is 4.49. The Hall–Kier alpha value is -3.08. The Balaban J connectivity index is 1.50. The first-order chi connectivity index (χ1) is 16.0. The van der Waals surface area contributed by atoms with Gasteiger partial charge in [-0.1, -0.05) is 0 Å². The molecule has 1 aromatic carbocycles. The number of aryl methyl sites for hydroxylation is 2. The largest absolute Gasteiger partial charge is 0.435 e. The van der Waals surface area contributed by atoms with E-state index in [2.05, 4.69) is 10.1 Å². The smallest absolute Gasteiger partial charge is 0.299 e. The molecule has 3 aromatic rings. The van der Waals surface area contributed by atoms with Crippen molar-refractivity contribution in [2.24, 2.45) is 5.92 Å². The number of pyridine rings is 1. The number of carbonyl (C=O) groups is 1. The first kappa shape index (κ1) is 24.1. The molecule has 1 aliphatic carbocycles. The molecular weight excluding hydrogens is 474 g/mol. The molecule has 2 atom stereocenters. The van der Waals surface area contributed by atoms with Gasteiger partial charge in [-0.3, -0.25) is 9.78 Å². The van der Waals surface area contributed by atoms with Gasteiger partial charge in [0.25, 0.3) is 0 Å². The molecule has 0 amide bonds. The number of hydrogen-bond donors (Lipinski definition) is 0. The third-order valence-corrected chi connectivity index (χ3v) is 8.32. The van der Waals surface area contributed by atoms with Crippen LogP contribution in [-0.4, -0.2) is 34.2 Å². The fourth-order valence-electron chi connectivity index (χ4n) is 4.01. The number of benzene rings is 1. The quantitative estimate of drug-likeness (QED) is 0.356. The monoisotopic (exact) mass is 495 g/mol. The van der Waals surface area contributed by atoms with Crippen LogP contribution in [0.5, 0.6) is 0 Å². The summed E-state index contributed by atoms with van der Waals surface area (Å²) in [6.07, 6.45) is -1.97. The molecule has 34 heavy (non-hydrogen) atoms. The molecular formula is C23H21F4N3O3S. The van der Waals surface area contributed by atoms with Crippen LogP contribution in [0.3, 0.4) is 0 Å². The Morgan fingerprint density at radius 1 is 1.12 bits per heavy atom. The number of alkyl halides is 3. The van der Waals surface area contributed by atoms with Gasteiger partial charge in [0.05, 0.1) is 22.0 Å². The maximum absolute atomic E-state index is 13.6. The molecule has 0 saturated heterocycles. The van der Waals surface area contributed by atoms with Gasteiger partial charge < -0.3 is 0 Å². The molecule has 4 rings (SSSR count). The molecule has 0 N–H and O–H groups in total. The minimum atomic E-state index is -4.72. The molecule has 2 aromatic heterocycles. The summed E-state index contributed by atoms with van der Waals surface area (Å²) in [6.45, 7) is 1.75. The highest BCUT2D eigenvalue weighted by Gasteiger charge is 2.45. The summed E-state index contributed by atoms with van der Waals surface area (Å²) in [5.74, 6) is -1.80. The number of nitrogens with zero attached hydrogens (tertiary/aromatic N) is 3. The minimum Gasteiger partial charge on any atom is -0.299 e. The zero-order valence-corrected chi connectivity index (χ0v) is 18.9. The molecule has 0 spiro atoms. The van der Waals surface area contributed by atoms with Crippen molar-refractivity contribution in [1.82, 2.24) is 14.8 Å². The minimum absolute atomic E-state index is 0.0799. The van der Waals surface area contributed by atoms with Crippen molar-refractivity contribution in [1.29, 1.82) is 0 Å². The summed E-state index contributed by atoms with van der Waals surface area (Å²) >= 11 is 0. The van der Waals surface area contributed by atoms with Crippen LogP contribution in [-0.2, 0) is 27.2 Å². The molecule has 2 heterocycles. The number of Topliss-reactive ketones (excluding diaryl/α,β-unsaturated/α-hetero) is 1. The van der Waals surface area contributed by atoms with E-state index in [9.17, 15) is 30.8 Å². The van der Waals surface area contributed by atoms with Crippen LogP contribution < -0.4 is 0 Å². The summed E-state index contributed by atoms with van der Waals surface area (Å²) in [4.78, 5) is 16.8. The second kappa shape index (κ2) is 8.94. The van der Waals surface area contributed by atoms with Crippen molar-refractivity contribution < 1.29 is 30.8 Å². The number of sulfone groups is 1. The van der Waals surface area contributed by atoms with Gasteiger partial charge in [0.1, 0.15) is 11.6 Å². The van der Waals surface area contributed by atoms with Gasteiger partial charge in [0.2, 0.25) is 0 Å². The van der Waals surface area contributed by atoms with E-state index in [1.807, 2.05) is 0 Å². The molecule has 0 aliphatic heterocycles. The number of carbonyl (C=O) groups excluding carboxylic acids is 1. The van der Waals surface area contributed by atoms with E-state index in [0.29, 0.717) is 17.8 Å². The lowest BCUT2D eigenvalue weighted by atomic mass is 9.80.